The molecule has 2 aromatic heterocycles. The van der Waals surface area contributed by atoms with Gasteiger partial charge in [-0.15, -0.1) is 11.3 Å². The van der Waals surface area contributed by atoms with Crippen molar-refractivity contribution in [3.8, 4) is 0 Å². The molecule has 3 N–H and O–H groups in total. The Morgan fingerprint density at radius 1 is 1.40 bits per heavy atom. The SMILES string of the molecule is C/C(=C\C(C)C(C)C(C)NC(=O)c1csc2c(N)ncnc12)[N+](=O)[O-]. The van der Waals surface area contributed by atoms with Crippen LogP contribution in [0.5, 0.6) is 0 Å². The van der Waals surface area contributed by atoms with E-state index in [0.717, 1.165) is 0 Å². The number of allylic oxidation sites excluding steroid dienone is 2. The molecule has 2 rings (SSSR count). The first-order chi connectivity index (χ1) is 11.7. The van der Waals surface area contributed by atoms with Crippen LogP contribution in [-0.4, -0.2) is 26.8 Å². The zero-order valence-electron chi connectivity index (χ0n) is 14.5. The van der Waals surface area contributed by atoms with E-state index in [2.05, 4.69) is 15.3 Å². The second kappa shape index (κ2) is 7.56. The molecule has 1 amide bonds. The fourth-order valence-electron chi connectivity index (χ4n) is 2.49. The van der Waals surface area contributed by atoms with Crippen LogP contribution in [0.15, 0.2) is 23.5 Å². The first-order valence-corrected chi connectivity index (χ1v) is 8.71. The minimum atomic E-state index is -0.409. The standard InChI is InChI=1S/C16H21N5O3S/c1-8(5-9(2)21(23)24)10(3)11(4)20-16(22)12-6-25-14-13(12)18-7-19-15(14)17/h5-8,10-11H,1-4H3,(H,20,22)(H2,17,18,19)/b9-5+. The smallest absolute Gasteiger partial charge is 0.254 e. The number of thiophene rings is 1. The second-order valence-electron chi connectivity index (χ2n) is 6.13. The fraction of sp³-hybridized carbons (Fsp3) is 0.438. The lowest BCUT2D eigenvalue weighted by atomic mass is 9.89. The van der Waals surface area contributed by atoms with Crippen LogP contribution in [0.2, 0.25) is 0 Å². The number of anilines is 1. The van der Waals surface area contributed by atoms with Crippen molar-refractivity contribution in [3.63, 3.8) is 0 Å². The van der Waals surface area contributed by atoms with E-state index in [9.17, 15) is 14.9 Å². The number of nitrogens with zero attached hydrogens (tertiary/aromatic N) is 3. The van der Waals surface area contributed by atoms with Gasteiger partial charge in [-0.1, -0.05) is 13.8 Å². The van der Waals surface area contributed by atoms with Crippen molar-refractivity contribution >= 4 is 33.3 Å². The van der Waals surface area contributed by atoms with Crippen molar-refractivity contribution in [2.24, 2.45) is 11.8 Å². The summed E-state index contributed by atoms with van der Waals surface area (Å²) < 4.78 is 0.686. The minimum absolute atomic E-state index is 0.0171. The van der Waals surface area contributed by atoms with E-state index in [1.54, 1.807) is 11.5 Å². The molecule has 0 aliphatic heterocycles. The highest BCUT2D eigenvalue weighted by molar-refractivity contribution is 7.18. The minimum Gasteiger partial charge on any atom is -0.382 e. The Morgan fingerprint density at radius 2 is 2.08 bits per heavy atom. The number of carbonyl (C=O) groups is 1. The highest BCUT2D eigenvalue weighted by Crippen LogP contribution is 2.27. The third-order valence-electron chi connectivity index (χ3n) is 4.39. The van der Waals surface area contributed by atoms with Crippen molar-refractivity contribution in [1.82, 2.24) is 15.3 Å². The maximum atomic E-state index is 12.6. The van der Waals surface area contributed by atoms with Gasteiger partial charge in [-0.2, -0.15) is 0 Å². The van der Waals surface area contributed by atoms with Crippen molar-refractivity contribution < 1.29 is 9.72 Å². The van der Waals surface area contributed by atoms with Crippen molar-refractivity contribution in [2.45, 2.75) is 33.7 Å². The topological polar surface area (TPSA) is 124 Å². The predicted octanol–water partition coefficient (Wildman–Crippen LogP) is 2.84. The number of hydrogen-bond acceptors (Lipinski definition) is 7. The zero-order valence-corrected chi connectivity index (χ0v) is 15.3. The number of rotatable bonds is 6. The summed E-state index contributed by atoms with van der Waals surface area (Å²) in [7, 11) is 0. The second-order valence-corrected chi connectivity index (χ2v) is 7.01. The number of fused-ring (bicyclic) bond motifs is 1. The van der Waals surface area contributed by atoms with Gasteiger partial charge < -0.3 is 11.1 Å². The molecule has 0 spiro atoms. The number of nitrogen functional groups attached to an aromatic ring is 1. The molecule has 0 radical (unpaired) electrons. The molecule has 3 unspecified atom stereocenters. The highest BCUT2D eigenvalue weighted by atomic mass is 32.1. The molecule has 8 nitrogen and oxygen atoms in total. The van der Waals surface area contributed by atoms with E-state index in [1.165, 1.54) is 24.6 Å². The number of amides is 1. The summed E-state index contributed by atoms with van der Waals surface area (Å²) in [5.41, 5.74) is 6.89. The number of nitrogens with two attached hydrogens (primary N) is 1. The van der Waals surface area contributed by atoms with Gasteiger partial charge in [-0.25, -0.2) is 9.97 Å². The molecule has 0 aliphatic rings. The fourth-order valence-corrected chi connectivity index (χ4v) is 3.40. The summed E-state index contributed by atoms with van der Waals surface area (Å²) in [4.78, 5) is 31.0. The predicted molar refractivity (Wildman–Crippen MR) is 97.8 cm³/mol. The summed E-state index contributed by atoms with van der Waals surface area (Å²) >= 11 is 1.33. The maximum absolute atomic E-state index is 12.6. The molecular formula is C16H21N5O3S. The number of carbonyl (C=O) groups excluding carboxylic acids is 1. The molecule has 2 aromatic rings. The monoisotopic (exact) mass is 363 g/mol. The molecule has 3 atom stereocenters. The Hall–Kier alpha value is -2.55. The Morgan fingerprint density at radius 3 is 2.72 bits per heavy atom. The number of aromatic nitrogens is 2. The van der Waals surface area contributed by atoms with Gasteiger partial charge >= 0.3 is 0 Å². The van der Waals surface area contributed by atoms with E-state index >= 15 is 0 Å². The lowest BCUT2D eigenvalue weighted by Gasteiger charge is -2.24. The van der Waals surface area contributed by atoms with Gasteiger partial charge in [0.15, 0.2) is 0 Å². The molecular weight excluding hydrogens is 342 g/mol. The average Bonchev–Trinajstić information content (AvgIpc) is 2.99. The molecule has 9 heteroatoms. The van der Waals surface area contributed by atoms with E-state index in [0.29, 0.717) is 21.6 Å². The molecule has 0 bridgehead atoms. The van der Waals surface area contributed by atoms with E-state index in [1.807, 2.05) is 20.8 Å². The van der Waals surface area contributed by atoms with Crippen LogP contribution in [0.4, 0.5) is 5.82 Å². The third kappa shape index (κ3) is 4.11. The van der Waals surface area contributed by atoms with Gasteiger partial charge in [0.25, 0.3) is 5.91 Å². The molecule has 134 valence electrons. The molecule has 0 saturated heterocycles. The maximum Gasteiger partial charge on any atom is 0.254 e. The number of hydrogen-bond donors (Lipinski definition) is 2. The van der Waals surface area contributed by atoms with Crippen molar-refractivity contribution in [3.05, 3.63) is 39.2 Å². The van der Waals surface area contributed by atoms with Crippen LogP contribution in [0.25, 0.3) is 10.2 Å². The summed E-state index contributed by atoms with van der Waals surface area (Å²) in [6, 6.07) is -0.174. The zero-order chi connectivity index (χ0) is 18.7. The Bertz CT molecular complexity index is 832. The van der Waals surface area contributed by atoms with Crippen LogP contribution in [0.1, 0.15) is 38.1 Å². The summed E-state index contributed by atoms with van der Waals surface area (Å²) in [5, 5.41) is 15.4. The number of nitro groups is 1. The molecule has 2 heterocycles. The highest BCUT2D eigenvalue weighted by Gasteiger charge is 2.23. The van der Waals surface area contributed by atoms with Crippen LogP contribution in [-0.2, 0) is 0 Å². The Kier molecular flexibility index (Phi) is 5.68. The van der Waals surface area contributed by atoms with Gasteiger partial charge in [0.1, 0.15) is 12.1 Å². The van der Waals surface area contributed by atoms with Crippen LogP contribution in [0, 0.1) is 22.0 Å². The quantitative estimate of drug-likeness (QED) is 0.600. The van der Waals surface area contributed by atoms with Crippen molar-refractivity contribution in [1.29, 1.82) is 0 Å². The van der Waals surface area contributed by atoms with Crippen LogP contribution in [0.3, 0.4) is 0 Å². The van der Waals surface area contributed by atoms with E-state index < -0.39 is 4.92 Å². The van der Waals surface area contributed by atoms with Gasteiger partial charge in [0, 0.05) is 18.3 Å². The molecule has 25 heavy (non-hydrogen) atoms. The summed E-state index contributed by atoms with van der Waals surface area (Å²) in [6.45, 7) is 7.19. The molecule has 0 saturated carbocycles. The van der Waals surface area contributed by atoms with Crippen LogP contribution >= 0.6 is 11.3 Å². The summed E-state index contributed by atoms with van der Waals surface area (Å²) in [5.74, 6) is 0.0664. The molecule has 0 aromatic carbocycles. The Labute approximate surface area is 149 Å². The van der Waals surface area contributed by atoms with Gasteiger partial charge in [0.2, 0.25) is 5.70 Å². The first kappa shape index (κ1) is 18.8. The van der Waals surface area contributed by atoms with E-state index in [4.69, 9.17) is 5.73 Å². The van der Waals surface area contributed by atoms with Gasteiger partial charge in [-0.3, -0.25) is 14.9 Å². The lowest BCUT2D eigenvalue weighted by Crippen LogP contribution is -2.39. The van der Waals surface area contributed by atoms with Gasteiger partial charge in [-0.05, 0) is 24.8 Å². The normalized spacial score (nSPS) is 15.6. The Balaban J connectivity index is 2.12. The molecule has 0 aliphatic carbocycles. The molecule has 0 fully saturated rings. The summed E-state index contributed by atoms with van der Waals surface area (Å²) in [6.07, 6.45) is 2.95. The largest absolute Gasteiger partial charge is 0.382 e. The lowest BCUT2D eigenvalue weighted by molar-refractivity contribution is -0.424. The third-order valence-corrected chi connectivity index (χ3v) is 5.39. The van der Waals surface area contributed by atoms with Gasteiger partial charge in [0.05, 0.1) is 20.7 Å². The first-order valence-electron chi connectivity index (χ1n) is 7.83. The number of nitrogens with one attached hydrogen (secondary N) is 1. The van der Waals surface area contributed by atoms with Crippen LogP contribution < -0.4 is 11.1 Å². The average molecular weight is 363 g/mol. The van der Waals surface area contributed by atoms with E-state index in [-0.39, 0.29) is 29.5 Å². The van der Waals surface area contributed by atoms with Crippen molar-refractivity contribution in [2.75, 3.05) is 5.73 Å².